The SMILES string of the molecule is CCCCCCCc1nc(C(N)COC)no1. The molecule has 0 saturated carbocycles. The molecule has 1 aromatic heterocycles. The average molecular weight is 241 g/mol. The maximum Gasteiger partial charge on any atom is 0.226 e. The van der Waals surface area contributed by atoms with Crippen molar-refractivity contribution in [2.75, 3.05) is 13.7 Å². The maximum atomic E-state index is 5.80. The van der Waals surface area contributed by atoms with Crippen LogP contribution in [0.5, 0.6) is 0 Å². The van der Waals surface area contributed by atoms with Crippen LogP contribution < -0.4 is 5.73 Å². The molecule has 5 nitrogen and oxygen atoms in total. The molecule has 98 valence electrons. The molecule has 0 radical (unpaired) electrons. The van der Waals surface area contributed by atoms with Crippen molar-refractivity contribution in [1.82, 2.24) is 10.1 Å². The summed E-state index contributed by atoms with van der Waals surface area (Å²) in [4.78, 5) is 4.26. The average Bonchev–Trinajstić information content (AvgIpc) is 2.78. The zero-order valence-electron chi connectivity index (χ0n) is 10.8. The molecule has 0 saturated heterocycles. The topological polar surface area (TPSA) is 74.2 Å². The lowest BCUT2D eigenvalue weighted by Crippen LogP contribution is -2.17. The molecule has 1 aromatic rings. The number of methoxy groups -OCH3 is 1. The minimum atomic E-state index is -0.294. The Morgan fingerprint density at radius 3 is 2.76 bits per heavy atom. The van der Waals surface area contributed by atoms with Gasteiger partial charge in [-0.05, 0) is 6.42 Å². The second kappa shape index (κ2) is 8.20. The van der Waals surface area contributed by atoms with E-state index in [2.05, 4.69) is 17.1 Å². The van der Waals surface area contributed by atoms with Gasteiger partial charge in [0.1, 0.15) is 0 Å². The highest BCUT2D eigenvalue weighted by Gasteiger charge is 2.13. The van der Waals surface area contributed by atoms with Gasteiger partial charge in [0, 0.05) is 13.5 Å². The van der Waals surface area contributed by atoms with E-state index in [0.29, 0.717) is 18.3 Å². The Bertz CT molecular complexity index is 302. The van der Waals surface area contributed by atoms with Gasteiger partial charge in [-0.3, -0.25) is 0 Å². The molecule has 0 aromatic carbocycles. The third kappa shape index (κ3) is 5.28. The van der Waals surface area contributed by atoms with Crippen LogP contribution in [-0.2, 0) is 11.2 Å². The summed E-state index contributed by atoms with van der Waals surface area (Å²) in [5.74, 6) is 1.22. The molecule has 0 aliphatic carbocycles. The molecule has 0 spiro atoms. The van der Waals surface area contributed by atoms with Gasteiger partial charge >= 0.3 is 0 Å². The molecule has 5 heteroatoms. The van der Waals surface area contributed by atoms with Crippen molar-refractivity contribution in [3.63, 3.8) is 0 Å². The van der Waals surface area contributed by atoms with Crippen LogP contribution in [0.1, 0.15) is 56.8 Å². The summed E-state index contributed by atoms with van der Waals surface area (Å²) in [7, 11) is 1.61. The molecule has 0 amide bonds. The molecular weight excluding hydrogens is 218 g/mol. The lowest BCUT2D eigenvalue weighted by atomic mass is 10.1. The predicted molar refractivity (Wildman–Crippen MR) is 65.6 cm³/mol. The van der Waals surface area contributed by atoms with Gasteiger partial charge < -0.3 is 15.0 Å². The fourth-order valence-electron chi connectivity index (χ4n) is 1.65. The normalized spacial score (nSPS) is 12.9. The van der Waals surface area contributed by atoms with Gasteiger partial charge in [-0.25, -0.2) is 0 Å². The highest BCUT2D eigenvalue weighted by Crippen LogP contribution is 2.10. The van der Waals surface area contributed by atoms with Crippen LogP contribution in [0.4, 0.5) is 0 Å². The van der Waals surface area contributed by atoms with Gasteiger partial charge in [0.25, 0.3) is 0 Å². The number of aromatic nitrogens is 2. The molecule has 1 heterocycles. The Balaban J connectivity index is 2.25. The van der Waals surface area contributed by atoms with Crippen molar-refractivity contribution in [2.24, 2.45) is 5.73 Å². The quantitative estimate of drug-likeness (QED) is 0.671. The minimum absolute atomic E-state index is 0.294. The predicted octanol–water partition coefficient (Wildman–Crippen LogP) is 2.23. The largest absolute Gasteiger partial charge is 0.383 e. The minimum Gasteiger partial charge on any atom is -0.383 e. The molecule has 1 unspecified atom stereocenters. The highest BCUT2D eigenvalue weighted by atomic mass is 16.5. The molecule has 0 aliphatic heterocycles. The van der Waals surface area contributed by atoms with E-state index in [1.54, 1.807) is 7.11 Å². The maximum absolute atomic E-state index is 5.80. The smallest absolute Gasteiger partial charge is 0.226 e. The summed E-state index contributed by atoms with van der Waals surface area (Å²) in [6, 6.07) is -0.294. The van der Waals surface area contributed by atoms with Gasteiger partial charge in [0.15, 0.2) is 5.82 Å². The fourth-order valence-corrected chi connectivity index (χ4v) is 1.65. The van der Waals surface area contributed by atoms with E-state index in [9.17, 15) is 0 Å². The molecule has 1 atom stereocenters. The molecule has 0 aliphatic rings. The number of nitrogens with zero attached hydrogens (tertiary/aromatic N) is 2. The van der Waals surface area contributed by atoms with E-state index in [1.165, 1.54) is 25.7 Å². The van der Waals surface area contributed by atoms with Gasteiger partial charge in [0.2, 0.25) is 5.89 Å². The number of ether oxygens (including phenoxy) is 1. The third-order valence-electron chi connectivity index (χ3n) is 2.66. The Morgan fingerprint density at radius 1 is 1.29 bits per heavy atom. The van der Waals surface area contributed by atoms with Gasteiger partial charge in [-0.2, -0.15) is 4.98 Å². The summed E-state index contributed by atoms with van der Waals surface area (Å²) in [6.07, 6.45) is 7.00. The van der Waals surface area contributed by atoms with E-state index >= 15 is 0 Å². The van der Waals surface area contributed by atoms with Crippen LogP contribution in [0, 0.1) is 0 Å². The lowest BCUT2D eigenvalue weighted by molar-refractivity contribution is 0.177. The van der Waals surface area contributed by atoms with Crippen LogP contribution >= 0.6 is 0 Å². The standard InChI is InChI=1S/C12H23N3O2/c1-3-4-5-6-7-8-11-14-12(15-17-11)10(13)9-16-2/h10H,3-9,13H2,1-2H3. The van der Waals surface area contributed by atoms with Gasteiger partial charge in [-0.1, -0.05) is 37.8 Å². The van der Waals surface area contributed by atoms with Gasteiger partial charge in [0.05, 0.1) is 12.6 Å². The Labute approximate surface area is 103 Å². The monoisotopic (exact) mass is 241 g/mol. The Hall–Kier alpha value is -0.940. The van der Waals surface area contributed by atoms with E-state index in [4.69, 9.17) is 15.0 Å². The van der Waals surface area contributed by atoms with Crippen molar-refractivity contribution >= 4 is 0 Å². The first-order valence-corrected chi connectivity index (χ1v) is 6.35. The third-order valence-corrected chi connectivity index (χ3v) is 2.66. The molecular formula is C12H23N3O2. The second-order valence-electron chi connectivity index (χ2n) is 4.27. The van der Waals surface area contributed by atoms with Crippen molar-refractivity contribution in [3.8, 4) is 0 Å². The van der Waals surface area contributed by atoms with Crippen LogP contribution in [0.3, 0.4) is 0 Å². The summed E-state index contributed by atoms with van der Waals surface area (Å²) < 4.78 is 10.1. The molecule has 0 bridgehead atoms. The van der Waals surface area contributed by atoms with Crippen molar-refractivity contribution in [2.45, 2.75) is 51.5 Å². The number of nitrogens with two attached hydrogens (primary N) is 1. The van der Waals surface area contributed by atoms with Crippen molar-refractivity contribution < 1.29 is 9.26 Å². The Morgan fingerprint density at radius 2 is 2.06 bits per heavy atom. The van der Waals surface area contributed by atoms with E-state index in [-0.39, 0.29) is 6.04 Å². The number of unbranched alkanes of at least 4 members (excludes halogenated alkanes) is 4. The first-order valence-electron chi connectivity index (χ1n) is 6.35. The van der Waals surface area contributed by atoms with E-state index in [1.807, 2.05) is 0 Å². The van der Waals surface area contributed by atoms with E-state index in [0.717, 1.165) is 12.8 Å². The molecule has 2 N–H and O–H groups in total. The van der Waals surface area contributed by atoms with E-state index < -0.39 is 0 Å². The molecule has 0 fully saturated rings. The lowest BCUT2D eigenvalue weighted by Gasteiger charge is -2.03. The van der Waals surface area contributed by atoms with Crippen LogP contribution in [-0.4, -0.2) is 23.9 Å². The number of rotatable bonds is 9. The molecule has 17 heavy (non-hydrogen) atoms. The first-order chi connectivity index (χ1) is 8.27. The van der Waals surface area contributed by atoms with Crippen molar-refractivity contribution in [1.29, 1.82) is 0 Å². The zero-order valence-corrected chi connectivity index (χ0v) is 10.8. The van der Waals surface area contributed by atoms with Gasteiger partial charge in [-0.15, -0.1) is 0 Å². The Kier molecular flexibility index (Phi) is 6.81. The number of aryl methyl sites for hydroxylation is 1. The van der Waals surface area contributed by atoms with Crippen LogP contribution in [0.2, 0.25) is 0 Å². The highest BCUT2D eigenvalue weighted by molar-refractivity contribution is 4.92. The van der Waals surface area contributed by atoms with Crippen LogP contribution in [0.25, 0.3) is 0 Å². The zero-order chi connectivity index (χ0) is 12.5. The van der Waals surface area contributed by atoms with Crippen LogP contribution in [0.15, 0.2) is 4.52 Å². The number of hydrogen-bond acceptors (Lipinski definition) is 5. The van der Waals surface area contributed by atoms with Crippen molar-refractivity contribution in [3.05, 3.63) is 11.7 Å². The first kappa shape index (κ1) is 14.1. The molecule has 1 rings (SSSR count). The summed E-state index contributed by atoms with van der Waals surface area (Å²) >= 11 is 0. The summed E-state index contributed by atoms with van der Waals surface area (Å²) in [6.45, 7) is 2.62. The second-order valence-corrected chi connectivity index (χ2v) is 4.27. The summed E-state index contributed by atoms with van der Waals surface area (Å²) in [5, 5.41) is 3.86. The number of hydrogen-bond donors (Lipinski definition) is 1. The summed E-state index contributed by atoms with van der Waals surface area (Å²) in [5.41, 5.74) is 5.80. The fraction of sp³-hybridized carbons (Fsp3) is 0.833.